The van der Waals surface area contributed by atoms with Gasteiger partial charge in [-0.05, 0) is 43.3 Å². The van der Waals surface area contributed by atoms with Gasteiger partial charge in [-0.1, -0.05) is 60.6 Å². The van der Waals surface area contributed by atoms with Gasteiger partial charge >= 0.3 is 0 Å². The largest absolute Gasteiger partial charge is 0.339 e. The highest BCUT2D eigenvalue weighted by Crippen LogP contribution is 2.28. The summed E-state index contributed by atoms with van der Waals surface area (Å²) in [7, 11) is 0. The van der Waals surface area contributed by atoms with Gasteiger partial charge in [-0.3, -0.25) is 9.36 Å². The summed E-state index contributed by atoms with van der Waals surface area (Å²) in [6.45, 7) is 8.56. The molecule has 0 saturated carbocycles. The summed E-state index contributed by atoms with van der Waals surface area (Å²) in [5, 5.41) is 10.1. The van der Waals surface area contributed by atoms with Crippen LogP contribution in [0.15, 0.2) is 59.8 Å². The van der Waals surface area contributed by atoms with Crippen molar-refractivity contribution < 1.29 is 4.79 Å². The van der Waals surface area contributed by atoms with Crippen LogP contribution in [0.2, 0.25) is 5.02 Å². The Bertz CT molecular complexity index is 1030. The fourth-order valence-corrected chi connectivity index (χ4v) is 4.97. The van der Waals surface area contributed by atoms with Gasteiger partial charge in [0.1, 0.15) is 5.82 Å². The molecule has 0 aliphatic carbocycles. The quantitative estimate of drug-likeness (QED) is 0.486. The highest BCUT2D eigenvalue weighted by Gasteiger charge is 2.27. The van der Waals surface area contributed by atoms with Gasteiger partial charge in [-0.25, -0.2) is 0 Å². The second kappa shape index (κ2) is 10.5. The van der Waals surface area contributed by atoms with Crippen molar-refractivity contribution in [2.75, 3.05) is 32.7 Å². The standard InChI is InChI=1S/C24H28ClN5OS/c1-3-28-13-15-29(16-14-28)23(31)18(2)32-24-27-26-22(17-19-7-5-4-6-8-19)30(24)21-11-9-20(25)10-12-21/h4-12,18H,3,13-17H2,1-2H3. The van der Waals surface area contributed by atoms with Crippen LogP contribution < -0.4 is 0 Å². The first-order chi connectivity index (χ1) is 15.5. The molecule has 4 rings (SSSR count). The molecule has 0 radical (unpaired) electrons. The second-order valence-electron chi connectivity index (χ2n) is 7.89. The van der Waals surface area contributed by atoms with Crippen LogP contribution in [0.4, 0.5) is 0 Å². The fraction of sp³-hybridized carbons (Fsp3) is 0.375. The summed E-state index contributed by atoms with van der Waals surface area (Å²) < 4.78 is 2.03. The van der Waals surface area contributed by atoms with Gasteiger partial charge in [0.15, 0.2) is 5.16 Å². The number of piperazine rings is 1. The third-order valence-corrected chi connectivity index (χ3v) is 7.03. The number of hydrogen-bond donors (Lipinski definition) is 0. The average molecular weight is 470 g/mol. The SMILES string of the molecule is CCN1CCN(C(=O)C(C)Sc2nnc(Cc3ccccc3)n2-c2ccc(Cl)cc2)CC1. The molecule has 32 heavy (non-hydrogen) atoms. The monoisotopic (exact) mass is 469 g/mol. The molecule has 0 N–H and O–H groups in total. The molecule has 2 aromatic carbocycles. The van der Waals surface area contributed by atoms with Crippen LogP contribution in [0.25, 0.3) is 5.69 Å². The average Bonchev–Trinajstić information content (AvgIpc) is 3.21. The van der Waals surface area contributed by atoms with Crippen LogP contribution >= 0.6 is 23.4 Å². The first-order valence-electron chi connectivity index (χ1n) is 11.0. The molecule has 1 aliphatic rings. The zero-order valence-corrected chi connectivity index (χ0v) is 20.0. The van der Waals surface area contributed by atoms with Crippen molar-refractivity contribution in [2.45, 2.75) is 30.7 Å². The number of carbonyl (C=O) groups excluding carboxylic acids is 1. The van der Waals surface area contributed by atoms with E-state index in [2.05, 4.69) is 34.2 Å². The van der Waals surface area contributed by atoms with E-state index < -0.39 is 0 Å². The van der Waals surface area contributed by atoms with E-state index in [4.69, 9.17) is 11.6 Å². The molecular weight excluding hydrogens is 442 g/mol. The fourth-order valence-electron chi connectivity index (χ4n) is 3.87. The Kier molecular flexibility index (Phi) is 7.50. The van der Waals surface area contributed by atoms with E-state index in [1.807, 2.05) is 58.9 Å². The van der Waals surface area contributed by atoms with Crippen molar-refractivity contribution in [3.63, 3.8) is 0 Å². The maximum atomic E-state index is 13.1. The Hall–Kier alpha value is -2.35. The molecule has 168 valence electrons. The normalized spacial score (nSPS) is 15.7. The molecule has 1 fully saturated rings. The highest BCUT2D eigenvalue weighted by atomic mass is 35.5. The molecule has 1 aliphatic heterocycles. The zero-order chi connectivity index (χ0) is 22.5. The zero-order valence-electron chi connectivity index (χ0n) is 18.4. The van der Waals surface area contributed by atoms with Crippen molar-refractivity contribution in [2.24, 2.45) is 0 Å². The van der Waals surface area contributed by atoms with Crippen molar-refractivity contribution in [1.82, 2.24) is 24.6 Å². The van der Waals surface area contributed by atoms with E-state index in [1.54, 1.807) is 0 Å². The second-order valence-corrected chi connectivity index (χ2v) is 9.64. The molecule has 1 saturated heterocycles. The summed E-state index contributed by atoms with van der Waals surface area (Å²) in [6, 6.07) is 17.8. The number of hydrogen-bond acceptors (Lipinski definition) is 5. The Labute approximate surface area is 198 Å². The summed E-state index contributed by atoms with van der Waals surface area (Å²) in [6.07, 6.45) is 0.651. The molecule has 8 heteroatoms. The molecule has 0 bridgehead atoms. The lowest BCUT2D eigenvalue weighted by Gasteiger charge is -2.35. The van der Waals surface area contributed by atoms with Crippen LogP contribution in [-0.2, 0) is 11.2 Å². The van der Waals surface area contributed by atoms with E-state index in [-0.39, 0.29) is 11.2 Å². The van der Waals surface area contributed by atoms with E-state index in [9.17, 15) is 4.79 Å². The van der Waals surface area contributed by atoms with Gasteiger partial charge in [0.2, 0.25) is 5.91 Å². The molecule has 1 aromatic heterocycles. The smallest absolute Gasteiger partial charge is 0.235 e. The van der Waals surface area contributed by atoms with Gasteiger partial charge < -0.3 is 9.80 Å². The summed E-state index contributed by atoms with van der Waals surface area (Å²) in [4.78, 5) is 17.4. The molecule has 1 amide bonds. The Morgan fingerprint density at radius 2 is 1.72 bits per heavy atom. The van der Waals surface area contributed by atoms with E-state index in [0.717, 1.165) is 49.8 Å². The van der Waals surface area contributed by atoms with Crippen LogP contribution in [0.3, 0.4) is 0 Å². The minimum absolute atomic E-state index is 0.154. The predicted molar refractivity (Wildman–Crippen MR) is 130 cm³/mol. The molecule has 3 aromatic rings. The number of aromatic nitrogens is 3. The van der Waals surface area contributed by atoms with Crippen molar-refractivity contribution in [3.8, 4) is 5.69 Å². The Morgan fingerprint density at radius 3 is 2.38 bits per heavy atom. The summed E-state index contributed by atoms with van der Waals surface area (Å²) in [5.41, 5.74) is 2.09. The van der Waals surface area contributed by atoms with Crippen LogP contribution in [0, 0.1) is 0 Å². The van der Waals surface area contributed by atoms with Crippen LogP contribution in [0.1, 0.15) is 25.2 Å². The predicted octanol–water partition coefficient (Wildman–Crippen LogP) is 4.16. The number of amides is 1. The Morgan fingerprint density at radius 1 is 1.03 bits per heavy atom. The van der Waals surface area contributed by atoms with Gasteiger partial charge in [0, 0.05) is 43.3 Å². The number of nitrogens with zero attached hydrogens (tertiary/aromatic N) is 5. The highest BCUT2D eigenvalue weighted by molar-refractivity contribution is 8.00. The van der Waals surface area contributed by atoms with E-state index >= 15 is 0 Å². The number of benzene rings is 2. The number of carbonyl (C=O) groups is 1. The van der Waals surface area contributed by atoms with Gasteiger partial charge in [-0.2, -0.15) is 0 Å². The number of thioether (sulfide) groups is 1. The lowest BCUT2D eigenvalue weighted by atomic mass is 10.1. The third kappa shape index (κ3) is 5.34. The van der Waals surface area contributed by atoms with Gasteiger partial charge in [-0.15, -0.1) is 10.2 Å². The lowest BCUT2D eigenvalue weighted by molar-refractivity contribution is -0.132. The van der Waals surface area contributed by atoms with Gasteiger partial charge in [0.05, 0.1) is 5.25 Å². The first kappa shape index (κ1) is 22.8. The maximum Gasteiger partial charge on any atom is 0.235 e. The van der Waals surface area contributed by atoms with E-state index in [0.29, 0.717) is 16.6 Å². The van der Waals surface area contributed by atoms with Crippen molar-refractivity contribution >= 4 is 29.3 Å². The molecule has 1 atom stereocenters. The van der Waals surface area contributed by atoms with Crippen LogP contribution in [-0.4, -0.2) is 68.4 Å². The molecule has 2 heterocycles. The Balaban J connectivity index is 1.56. The number of rotatable bonds is 7. The van der Waals surface area contributed by atoms with Crippen molar-refractivity contribution in [3.05, 3.63) is 71.0 Å². The lowest BCUT2D eigenvalue weighted by Crippen LogP contribution is -2.50. The maximum absolute atomic E-state index is 13.1. The topological polar surface area (TPSA) is 54.3 Å². The van der Waals surface area contributed by atoms with Crippen LogP contribution in [0.5, 0.6) is 0 Å². The molecule has 1 unspecified atom stereocenters. The van der Waals surface area contributed by atoms with Gasteiger partial charge in [0.25, 0.3) is 0 Å². The number of halogens is 1. The van der Waals surface area contributed by atoms with Crippen molar-refractivity contribution in [1.29, 1.82) is 0 Å². The summed E-state index contributed by atoms with van der Waals surface area (Å²) >= 11 is 7.58. The summed E-state index contributed by atoms with van der Waals surface area (Å²) in [5.74, 6) is 0.984. The number of likely N-dealkylation sites (N-methyl/N-ethyl adjacent to an activating group) is 1. The van der Waals surface area contributed by atoms with E-state index in [1.165, 1.54) is 11.8 Å². The third-order valence-electron chi connectivity index (χ3n) is 5.75. The first-order valence-corrected chi connectivity index (χ1v) is 12.2. The minimum atomic E-state index is -0.247. The molecule has 0 spiro atoms. The minimum Gasteiger partial charge on any atom is -0.339 e. The molecule has 6 nitrogen and oxygen atoms in total. The molecular formula is C24H28ClN5OS.